The van der Waals surface area contributed by atoms with E-state index in [4.69, 9.17) is 5.73 Å². The van der Waals surface area contributed by atoms with Crippen LogP contribution in [0, 0.1) is 0 Å². The van der Waals surface area contributed by atoms with Crippen LogP contribution in [0.3, 0.4) is 0 Å². The Bertz CT molecular complexity index is 765. The average molecular weight is 285 g/mol. The number of aromatic carboxylic acids is 1. The Morgan fingerprint density at radius 1 is 1.25 bits per heavy atom. The van der Waals surface area contributed by atoms with E-state index in [2.05, 4.69) is 10.3 Å². The molecule has 0 aliphatic carbocycles. The molecule has 4 N–H and O–H groups in total. The second-order valence-electron chi connectivity index (χ2n) is 4.22. The van der Waals surface area contributed by atoms with E-state index in [0.29, 0.717) is 16.5 Å². The van der Waals surface area contributed by atoms with E-state index in [0.717, 1.165) is 10.2 Å². The molecular formula is C14H11N3O2S. The highest BCUT2D eigenvalue weighted by atomic mass is 32.1. The van der Waals surface area contributed by atoms with Crippen LogP contribution in [-0.2, 0) is 0 Å². The molecule has 0 radical (unpaired) electrons. The lowest BCUT2D eigenvalue weighted by Gasteiger charge is -2.07. The summed E-state index contributed by atoms with van der Waals surface area (Å²) in [6.45, 7) is 0. The van der Waals surface area contributed by atoms with Gasteiger partial charge in [0.1, 0.15) is 0 Å². The highest BCUT2D eigenvalue weighted by Gasteiger charge is 2.12. The molecule has 6 heteroatoms. The number of nitrogens with two attached hydrogens (primary N) is 1. The summed E-state index contributed by atoms with van der Waals surface area (Å²) in [7, 11) is 0. The summed E-state index contributed by atoms with van der Waals surface area (Å²) in [5.41, 5.74) is 7.52. The van der Waals surface area contributed by atoms with E-state index in [9.17, 15) is 9.90 Å². The first kappa shape index (κ1) is 12.4. The fourth-order valence-corrected chi connectivity index (χ4v) is 2.77. The number of benzene rings is 2. The quantitative estimate of drug-likeness (QED) is 0.642. The first-order valence-corrected chi connectivity index (χ1v) is 6.70. The fourth-order valence-electron chi connectivity index (χ4n) is 1.89. The van der Waals surface area contributed by atoms with Gasteiger partial charge in [-0.2, -0.15) is 0 Å². The monoisotopic (exact) mass is 285 g/mol. The van der Waals surface area contributed by atoms with E-state index < -0.39 is 5.97 Å². The molecule has 100 valence electrons. The molecule has 20 heavy (non-hydrogen) atoms. The molecule has 0 aliphatic heterocycles. The van der Waals surface area contributed by atoms with Gasteiger partial charge in [-0.3, -0.25) is 0 Å². The standard InChI is InChI=1S/C14H11N3O2S/c15-8-5-6-10(9(7-8)13(18)19)16-14-17-11-3-1-2-4-12(11)20-14/h1-7H,15H2,(H,16,17)(H,18,19). The lowest BCUT2D eigenvalue weighted by molar-refractivity contribution is 0.0698. The summed E-state index contributed by atoms with van der Waals surface area (Å²) in [5.74, 6) is -1.03. The van der Waals surface area contributed by atoms with Gasteiger partial charge in [0.25, 0.3) is 0 Å². The number of anilines is 3. The van der Waals surface area contributed by atoms with Gasteiger partial charge in [-0.1, -0.05) is 23.5 Å². The number of hydrogen-bond donors (Lipinski definition) is 3. The number of carboxylic acid groups (broad SMARTS) is 1. The number of para-hydroxylation sites is 1. The summed E-state index contributed by atoms with van der Waals surface area (Å²) >= 11 is 1.47. The van der Waals surface area contributed by atoms with Crippen LogP contribution in [0.15, 0.2) is 42.5 Å². The minimum Gasteiger partial charge on any atom is -0.478 e. The Labute approximate surface area is 118 Å². The zero-order chi connectivity index (χ0) is 14.1. The number of nitrogens with one attached hydrogen (secondary N) is 1. The number of hydrogen-bond acceptors (Lipinski definition) is 5. The number of nitrogens with zero attached hydrogens (tertiary/aromatic N) is 1. The SMILES string of the molecule is Nc1ccc(Nc2nc3ccccc3s2)c(C(=O)O)c1. The predicted molar refractivity (Wildman–Crippen MR) is 80.7 cm³/mol. The molecule has 3 rings (SSSR count). The summed E-state index contributed by atoms with van der Waals surface area (Å²) in [4.78, 5) is 15.6. The molecule has 0 saturated carbocycles. The van der Waals surface area contributed by atoms with Crippen LogP contribution in [0.4, 0.5) is 16.5 Å². The second kappa shape index (κ2) is 4.82. The lowest BCUT2D eigenvalue weighted by Crippen LogP contribution is -2.03. The highest BCUT2D eigenvalue weighted by molar-refractivity contribution is 7.22. The Kier molecular flexibility index (Phi) is 3.00. The number of carboxylic acids is 1. The Hall–Kier alpha value is -2.60. The van der Waals surface area contributed by atoms with Crippen molar-refractivity contribution >= 4 is 44.0 Å². The molecule has 0 amide bonds. The molecule has 0 atom stereocenters. The molecule has 2 aromatic carbocycles. The molecular weight excluding hydrogens is 274 g/mol. The van der Waals surface area contributed by atoms with Gasteiger partial charge in [-0.05, 0) is 30.3 Å². The first-order valence-electron chi connectivity index (χ1n) is 5.89. The topological polar surface area (TPSA) is 88.2 Å². The summed E-state index contributed by atoms with van der Waals surface area (Å²) in [6, 6.07) is 12.5. The molecule has 0 spiro atoms. The molecule has 5 nitrogen and oxygen atoms in total. The van der Waals surface area contributed by atoms with Crippen molar-refractivity contribution in [3.05, 3.63) is 48.0 Å². The van der Waals surface area contributed by atoms with Crippen molar-refractivity contribution in [2.24, 2.45) is 0 Å². The van der Waals surface area contributed by atoms with Crippen molar-refractivity contribution in [3.8, 4) is 0 Å². The Balaban J connectivity index is 2.00. The van der Waals surface area contributed by atoms with Crippen LogP contribution in [0.1, 0.15) is 10.4 Å². The molecule has 1 heterocycles. The van der Waals surface area contributed by atoms with E-state index in [1.54, 1.807) is 12.1 Å². The van der Waals surface area contributed by atoms with Crippen molar-refractivity contribution in [1.82, 2.24) is 4.98 Å². The van der Waals surface area contributed by atoms with E-state index in [1.807, 2.05) is 24.3 Å². The van der Waals surface area contributed by atoms with Gasteiger partial charge in [0.15, 0.2) is 5.13 Å². The summed E-state index contributed by atoms with van der Waals surface area (Å²) in [5, 5.41) is 12.9. The molecule has 0 bridgehead atoms. The fraction of sp³-hybridized carbons (Fsp3) is 0. The van der Waals surface area contributed by atoms with Gasteiger partial charge in [-0.25, -0.2) is 9.78 Å². The van der Waals surface area contributed by atoms with Gasteiger partial charge in [0.05, 0.1) is 21.5 Å². The van der Waals surface area contributed by atoms with Crippen LogP contribution in [0.25, 0.3) is 10.2 Å². The van der Waals surface area contributed by atoms with Crippen LogP contribution < -0.4 is 11.1 Å². The molecule has 3 aromatic rings. The zero-order valence-electron chi connectivity index (χ0n) is 10.3. The second-order valence-corrected chi connectivity index (χ2v) is 5.25. The lowest BCUT2D eigenvalue weighted by atomic mass is 10.1. The van der Waals surface area contributed by atoms with Crippen molar-refractivity contribution in [3.63, 3.8) is 0 Å². The zero-order valence-corrected chi connectivity index (χ0v) is 11.1. The number of aromatic nitrogens is 1. The molecule has 0 saturated heterocycles. The maximum absolute atomic E-state index is 11.2. The van der Waals surface area contributed by atoms with Gasteiger partial charge in [0, 0.05) is 5.69 Å². The largest absolute Gasteiger partial charge is 0.478 e. The number of carbonyl (C=O) groups is 1. The minimum atomic E-state index is -1.03. The van der Waals surface area contributed by atoms with Gasteiger partial charge in [0.2, 0.25) is 0 Å². The first-order chi connectivity index (χ1) is 9.63. The number of thiazole rings is 1. The summed E-state index contributed by atoms with van der Waals surface area (Å²) in [6.07, 6.45) is 0. The van der Waals surface area contributed by atoms with Crippen LogP contribution >= 0.6 is 11.3 Å². The van der Waals surface area contributed by atoms with Gasteiger partial charge < -0.3 is 16.2 Å². The maximum atomic E-state index is 11.2. The molecule has 0 aliphatic rings. The third kappa shape index (κ3) is 2.28. The van der Waals surface area contributed by atoms with E-state index >= 15 is 0 Å². The molecule has 0 fully saturated rings. The summed E-state index contributed by atoms with van der Waals surface area (Å²) < 4.78 is 1.04. The predicted octanol–water partition coefficient (Wildman–Crippen LogP) is 3.32. The Morgan fingerprint density at radius 2 is 2.05 bits per heavy atom. The Morgan fingerprint density at radius 3 is 2.80 bits per heavy atom. The normalized spacial score (nSPS) is 10.6. The number of nitrogen functional groups attached to an aromatic ring is 1. The molecule has 1 aromatic heterocycles. The van der Waals surface area contributed by atoms with Crippen LogP contribution in [0.2, 0.25) is 0 Å². The average Bonchev–Trinajstić information content (AvgIpc) is 2.82. The van der Waals surface area contributed by atoms with Crippen LogP contribution in [-0.4, -0.2) is 16.1 Å². The number of rotatable bonds is 3. The molecule has 0 unspecified atom stereocenters. The minimum absolute atomic E-state index is 0.129. The van der Waals surface area contributed by atoms with Gasteiger partial charge in [-0.15, -0.1) is 0 Å². The third-order valence-corrected chi connectivity index (χ3v) is 3.76. The van der Waals surface area contributed by atoms with Gasteiger partial charge >= 0.3 is 5.97 Å². The number of fused-ring (bicyclic) bond motifs is 1. The van der Waals surface area contributed by atoms with E-state index in [1.165, 1.54) is 17.4 Å². The maximum Gasteiger partial charge on any atom is 0.337 e. The van der Waals surface area contributed by atoms with Crippen molar-refractivity contribution in [2.45, 2.75) is 0 Å². The smallest absolute Gasteiger partial charge is 0.337 e. The van der Waals surface area contributed by atoms with E-state index in [-0.39, 0.29) is 5.56 Å². The van der Waals surface area contributed by atoms with Crippen LogP contribution in [0.5, 0.6) is 0 Å². The van der Waals surface area contributed by atoms with Crippen molar-refractivity contribution < 1.29 is 9.90 Å². The van der Waals surface area contributed by atoms with Crippen molar-refractivity contribution in [2.75, 3.05) is 11.1 Å². The highest BCUT2D eigenvalue weighted by Crippen LogP contribution is 2.29. The van der Waals surface area contributed by atoms with Crippen molar-refractivity contribution in [1.29, 1.82) is 0 Å². The third-order valence-electron chi connectivity index (χ3n) is 2.81.